The second-order valence-electron chi connectivity index (χ2n) is 4.20. The minimum Gasteiger partial charge on any atom is -0.467 e. The molecule has 7 nitrogen and oxygen atoms in total. The molecule has 2 aromatic rings. The van der Waals surface area contributed by atoms with E-state index in [1.807, 2.05) is 0 Å². The third-order valence-electron chi connectivity index (χ3n) is 2.62. The van der Waals surface area contributed by atoms with E-state index in [0.29, 0.717) is 5.56 Å². The second-order valence-corrected chi connectivity index (χ2v) is 4.20. The summed E-state index contributed by atoms with van der Waals surface area (Å²) in [5.74, 6) is -1.43. The molecule has 2 rings (SSSR count). The van der Waals surface area contributed by atoms with Crippen LogP contribution in [-0.2, 0) is 9.59 Å². The molecule has 2 aromatic heterocycles. The van der Waals surface area contributed by atoms with Gasteiger partial charge in [0.25, 0.3) is 11.8 Å². The number of pyridine rings is 1. The van der Waals surface area contributed by atoms with Crippen LogP contribution in [0.3, 0.4) is 0 Å². The molecule has 0 bridgehead atoms. The lowest BCUT2D eigenvalue weighted by molar-refractivity contribution is -0.128. The second kappa shape index (κ2) is 6.47. The van der Waals surface area contributed by atoms with E-state index in [2.05, 4.69) is 15.6 Å². The number of carbonyl (C=O) groups excluding carboxylic acids is 3. The maximum atomic E-state index is 12.1. The maximum absolute atomic E-state index is 12.1. The van der Waals surface area contributed by atoms with E-state index in [-0.39, 0.29) is 5.76 Å². The van der Waals surface area contributed by atoms with Gasteiger partial charge in [0, 0.05) is 24.9 Å². The molecular formula is C14H13N3O4. The third-order valence-corrected chi connectivity index (χ3v) is 2.62. The Kier molecular flexibility index (Phi) is 4.45. The standard InChI is InChI=1S/C14H13N3O4/c1-9(18)16-12(11-3-2-8-21-11)14(20)17-13(19)10-4-6-15-7-5-10/h2-8,12H,1H3,(H,16,18)(H,17,19,20). The molecule has 0 aromatic carbocycles. The van der Waals surface area contributed by atoms with Gasteiger partial charge in [-0.05, 0) is 24.3 Å². The summed E-state index contributed by atoms with van der Waals surface area (Å²) < 4.78 is 5.11. The molecule has 2 N–H and O–H groups in total. The van der Waals surface area contributed by atoms with Crippen LogP contribution in [0.5, 0.6) is 0 Å². The predicted octanol–water partition coefficient (Wildman–Crippen LogP) is 0.808. The first-order valence-corrected chi connectivity index (χ1v) is 6.13. The quantitative estimate of drug-likeness (QED) is 0.866. The highest BCUT2D eigenvalue weighted by Gasteiger charge is 2.26. The fourth-order valence-electron chi connectivity index (χ4n) is 1.68. The van der Waals surface area contributed by atoms with Crippen LogP contribution in [0, 0.1) is 0 Å². The highest BCUT2D eigenvalue weighted by molar-refractivity contribution is 6.06. The van der Waals surface area contributed by atoms with Crippen LogP contribution < -0.4 is 10.6 Å². The third kappa shape index (κ3) is 3.75. The highest BCUT2D eigenvalue weighted by atomic mass is 16.3. The van der Waals surface area contributed by atoms with Crippen LogP contribution >= 0.6 is 0 Å². The van der Waals surface area contributed by atoms with E-state index in [1.165, 1.54) is 43.8 Å². The van der Waals surface area contributed by atoms with Crippen molar-refractivity contribution >= 4 is 17.7 Å². The molecule has 0 aliphatic carbocycles. The number of amides is 3. The normalized spacial score (nSPS) is 11.5. The van der Waals surface area contributed by atoms with Crippen LogP contribution in [0.1, 0.15) is 29.1 Å². The average Bonchev–Trinajstić information content (AvgIpc) is 2.99. The predicted molar refractivity (Wildman–Crippen MR) is 72.0 cm³/mol. The molecule has 1 unspecified atom stereocenters. The number of rotatable bonds is 4. The summed E-state index contributed by atoms with van der Waals surface area (Å²) >= 11 is 0. The number of hydrogen-bond donors (Lipinski definition) is 2. The van der Waals surface area contributed by atoms with Gasteiger partial charge in [-0.25, -0.2) is 0 Å². The molecule has 21 heavy (non-hydrogen) atoms. The molecule has 3 amide bonds. The Bertz CT molecular complexity index is 638. The van der Waals surface area contributed by atoms with Gasteiger partial charge < -0.3 is 9.73 Å². The summed E-state index contributed by atoms with van der Waals surface area (Å²) in [6, 6.07) is 5.01. The van der Waals surface area contributed by atoms with E-state index in [1.54, 1.807) is 6.07 Å². The maximum Gasteiger partial charge on any atom is 0.258 e. The summed E-state index contributed by atoms with van der Waals surface area (Å²) in [6.07, 6.45) is 4.26. The van der Waals surface area contributed by atoms with Gasteiger partial charge in [0.15, 0.2) is 6.04 Å². The lowest BCUT2D eigenvalue weighted by atomic mass is 10.2. The van der Waals surface area contributed by atoms with Crippen LogP contribution in [0.25, 0.3) is 0 Å². The molecule has 0 aliphatic heterocycles. The van der Waals surface area contributed by atoms with Gasteiger partial charge in [0.05, 0.1) is 6.26 Å². The molecule has 0 saturated carbocycles. The summed E-state index contributed by atoms with van der Waals surface area (Å²) in [6.45, 7) is 1.27. The first-order valence-electron chi connectivity index (χ1n) is 6.13. The fourth-order valence-corrected chi connectivity index (χ4v) is 1.68. The minimum absolute atomic E-state index is 0.241. The fraction of sp³-hybridized carbons (Fsp3) is 0.143. The summed E-state index contributed by atoms with van der Waals surface area (Å²) in [5.41, 5.74) is 0.291. The summed E-state index contributed by atoms with van der Waals surface area (Å²) in [4.78, 5) is 39.0. The lowest BCUT2D eigenvalue weighted by Crippen LogP contribution is -2.42. The zero-order valence-electron chi connectivity index (χ0n) is 11.2. The van der Waals surface area contributed by atoms with Gasteiger partial charge >= 0.3 is 0 Å². The summed E-state index contributed by atoms with van der Waals surface area (Å²) in [5, 5.41) is 4.64. The van der Waals surface area contributed by atoms with Crippen molar-refractivity contribution in [3.63, 3.8) is 0 Å². The first kappa shape index (κ1) is 14.4. The largest absolute Gasteiger partial charge is 0.467 e. The topological polar surface area (TPSA) is 101 Å². The van der Waals surface area contributed by atoms with Crippen molar-refractivity contribution in [1.29, 1.82) is 0 Å². The Labute approximate surface area is 120 Å². The van der Waals surface area contributed by atoms with Crippen molar-refractivity contribution in [2.24, 2.45) is 0 Å². The Balaban J connectivity index is 2.12. The van der Waals surface area contributed by atoms with Crippen molar-refractivity contribution in [1.82, 2.24) is 15.6 Å². The molecule has 0 fully saturated rings. The Morgan fingerprint density at radius 1 is 1.19 bits per heavy atom. The molecule has 7 heteroatoms. The number of hydrogen-bond acceptors (Lipinski definition) is 5. The van der Waals surface area contributed by atoms with Gasteiger partial charge in [0.1, 0.15) is 5.76 Å². The van der Waals surface area contributed by atoms with E-state index >= 15 is 0 Å². The highest BCUT2D eigenvalue weighted by Crippen LogP contribution is 2.14. The molecule has 108 valence electrons. The van der Waals surface area contributed by atoms with Gasteiger partial charge in [-0.3, -0.25) is 24.7 Å². The van der Waals surface area contributed by atoms with Crippen molar-refractivity contribution in [3.05, 3.63) is 54.2 Å². The minimum atomic E-state index is -1.07. The Morgan fingerprint density at radius 2 is 1.90 bits per heavy atom. The number of carbonyl (C=O) groups is 3. The SMILES string of the molecule is CC(=O)NC(C(=O)NC(=O)c1ccncc1)c1ccco1. The molecule has 0 spiro atoms. The van der Waals surface area contributed by atoms with Crippen LogP contribution in [0.4, 0.5) is 0 Å². The number of furan rings is 1. The van der Waals surface area contributed by atoms with E-state index in [0.717, 1.165) is 0 Å². The molecule has 1 atom stereocenters. The molecule has 0 saturated heterocycles. The van der Waals surface area contributed by atoms with Gasteiger partial charge in [0.2, 0.25) is 5.91 Å². The van der Waals surface area contributed by atoms with Crippen molar-refractivity contribution in [2.45, 2.75) is 13.0 Å². The Morgan fingerprint density at radius 3 is 2.48 bits per heavy atom. The van der Waals surface area contributed by atoms with Crippen molar-refractivity contribution in [2.75, 3.05) is 0 Å². The van der Waals surface area contributed by atoms with E-state index < -0.39 is 23.8 Å². The Hall–Kier alpha value is -2.96. The van der Waals surface area contributed by atoms with Crippen molar-refractivity contribution in [3.8, 4) is 0 Å². The number of nitrogens with one attached hydrogen (secondary N) is 2. The lowest BCUT2D eigenvalue weighted by Gasteiger charge is -2.14. The van der Waals surface area contributed by atoms with Crippen LogP contribution in [0.15, 0.2) is 47.3 Å². The van der Waals surface area contributed by atoms with E-state index in [9.17, 15) is 14.4 Å². The molecule has 2 heterocycles. The molecule has 0 radical (unpaired) electrons. The van der Waals surface area contributed by atoms with Crippen molar-refractivity contribution < 1.29 is 18.8 Å². The van der Waals surface area contributed by atoms with Gasteiger partial charge in [-0.2, -0.15) is 0 Å². The number of aromatic nitrogens is 1. The number of imide groups is 1. The zero-order valence-corrected chi connectivity index (χ0v) is 11.2. The average molecular weight is 287 g/mol. The smallest absolute Gasteiger partial charge is 0.258 e. The molecular weight excluding hydrogens is 274 g/mol. The van der Waals surface area contributed by atoms with Gasteiger partial charge in [-0.1, -0.05) is 0 Å². The summed E-state index contributed by atoms with van der Waals surface area (Å²) in [7, 11) is 0. The first-order chi connectivity index (χ1) is 10.1. The monoisotopic (exact) mass is 287 g/mol. The van der Waals surface area contributed by atoms with Crippen LogP contribution in [0.2, 0.25) is 0 Å². The zero-order chi connectivity index (χ0) is 15.2. The van der Waals surface area contributed by atoms with Crippen LogP contribution in [-0.4, -0.2) is 22.7 Å². The van der Waals surface area contributed by atoms with Gasteiger partial charge in [-0.15, -0.1) is 0 Å². The van der Waals surface area contributed by atoms with E-state index in [4.69, 9.17) is 4.42 Å². The molecule has 0 aliphatic rings. The number of nitrogens with zero attached hydrogens (tertiary/aromatic N) is 1.